The molecule has 2 aromatic carbocycles. The van der Waals surface area contributed by atoms with Crippen LogP contribution in [-0.4, -0.2) is 78.2 Å². The standard InChI is InChI=1S/C28H30ClN3O8/c1-18-21-9-8-20(14-23(21)40-27(36)25(18)29)38-17-24(34)30-22(15-33)26(35)31-10-5-11-32(13-12-31)28(37)39-16-19-6-3-2-4-7-19/h2-4,6-9,14,22,33H,5,10-13,15-17H2,1H3,(H,30,34). The van der Waals surface area contributed by atoms with Crippen LogP contribution in [0, 0.1) is 6.92 Å². The molecular weight excluding hydrogens is 542 g/mol. The van der Waals surface area contributed by atoms with Crippen LogP contribution >= 0.6 is 11.6 Å². The van der Waals surface area contributed by atoms with Gasteiger partial charge in [-0.3, -0.25) is 9.59 Å². The van der Waals surface area contributed by atoms with Crippen LogP contribution in [0.15, 0.2) is 57.7 Å². The molecule has 0 bridgehead atoms. The summed E-state index contributed by atoms with van der Waals surface area (Å²) in [6.45, 7) is 2.07. The molecule has 3 amide bonds. The molecule has 0 spiro atoms. The normalized spacial score (nSPS) is 14.4. The number of halogens is 1. The van der Waals surface area contributed by atoms with E-state index in [-0.39, 0.29) is 36.1 Å². The van der Waals surface area contributed by atoms with E-state index in [9.17, 15) is 24.3 Å². The molecule has 40 heavy (non-hydrogen) atoms. The Bertz CT molecular complexity index is 1430. The van der Waals surface area contributed by atoms with Gasteiger partial charge in [0.15, 0.2) is 6.61 Å². The van der Waals surface area contributed by atoms with E-state index in [1.165, 1.54) is 15.9 Å². The Morgan fingerprint density at radius 2 is 1.80 bits per heavy atom. The van der Waals surface area contributed by atoms with Crippen LogP contribution in [-0.2, 0) is 20.9 Å². The van der Waals surface area contributed by atoms with Gasteiger partial charge in [0.25, 0.3) is 5.91 Å². The highest BCUT2D eigenvalue weighted by Gasteiger charge is 2.28. The number of nitrogens with one attached hydrogen (secondary N) is 1. The second-order valence-electron chi connectivity index (χ2n) is 9.28. The lowest BCUT2D eigenvalue weighted by molar-refractivity contribution is -0.137. The molecule has 11 nitrogen and oxygen atoms in total. The second-order valence-corrected chi connectivity index (χ2v) is 9.66. The Labute approximate surface area is 235 Å². The lowest BCUT2D eigenvalue weighted by atomic mass is 10.1. The number of carbonyl (C=O) groups is 3. The van der Waals surface area contributed by atoms with Crippen molar-refractivity contribution in [2.75, 3.05) is 39.4 Å². The van der Waals surface area contributed by atoms with Crippen molar-refractivity contribution in [1.82, 2.24) is 15.1 Å². The lowest BCUT2D eigenvalue weighted by Crippen LogP contribution is -2.52. The van der Waals surface area contributed by atoms with Crippen molar-refractivity contribution in [2.45, 2.75) is 26.0 Å². The quantitative estimate of drug-likeness (QED) is 0.393. The first kappa shape index (κ1) is 28.9. The summed E-state index contributed by atoms with van der Waals surface area (Å²) < 4.78 is 16.1. The van der Waals surface area contributed by atoms with Crippen LogP contribution in [0.3, 0.4) is 0 Å². The first-order valence-electron chi connectivity index (χ1n) is 12.8. The molecule has 1 saturated heterocycles. The van der Waals surface area contributed by atoms with Crippen LogP contribution in [0.2, 0.25) is 5.02 Å². The van der Waals surface area contributed by atoms with Crippen molar-refractivity contribution in [3.05, 3.63) is 75.1 Å². The van der Waals surface area contributed by atoms with Gasteiger partial charge >= 0.3 is 11.7 Å². The molecule has 0 saturated carbocycles. The number of fused-ring (bicyclic) bond motifs is 1. The third-order valence-corrected chi connectivity index (χ3v) is 6.96. The van der Waals surface area contributed by atoms with Gasteiger partial charge in [-0.05, 0) is 36.6 Å². The minimum atomic E-state index is -1.17. The molecule has 2 heterocycles. The Hall–Kier alpha value is -4.09. The fourth-order valence-corrected chi connectivity index (χ4v) is 4.46. The fourth-order valence-electron chi connectivity index (χ4n) is 4.32. The largest absolute Gasteiger partial charge is 0.484 e. The molecule has 2 N–H and O–H groups in total. The van der Waals surface area contributed by atoms with Crippen LogP contribution in [0.5, 0.6) is 5.75 Å². The van der Waals surface area contributed by atoms with E-state index in [4.69, 9.17) is 25.5 Å². The summed E-state index contributed by atoms with van der Waals surface area (Å²) in [5, 5.41) is 12.9. The third kappa shape index (κ3) is 7.10. The summed E-state index contributed by atoms with van der Waals surface area (Å²) in [7, 11) is 0. The van der Waals surface area contributed by atoms with E-state index >= 15 is 0 Å². The van der Waals surface area contributed by atoms with Crippen molar-refractivity contribution >= 4 is 40.5 Å². The first-order valence-corrected chi connectivity index (χ1v) is 13.1. The zero-order valence-corrected chi connectivity index (χ0v) is 22.7. The summed E-state index contributed by atoms with van der Waals surface area (Å²) >= 11 is 5.94. The SMILES string of the molecule is Cc1c(Cl)c(=O)oc2cc(OCC(=O)NC(CO)C(=O)N3CCCN(C(=O)OCc4ccccc4)CC3)ccc12. The van der Waals surface area contributed by atoms with Gasteiger partial charge in [0.05, 0.1) is 6.61 Å². The molecule has 1 aromatic heterocycles. The number of hydrogen-bond acceptors (Lipinski definition) is 8. The summed E-state index contributed by atoms with van der Waals surface area (Å²) in [5.74, 6) is -0.816. The number of hydrogen-bond donors (Lipinski definition) is 2. The highest BCUT2D eigenvalue weighted by Crippen LogP contribution is 2.25. The van der Waals surface area contributed by atoms with Gasteiger partial charge in [0, 0.05) is 37.6 Å². The number of nitrogens with zero attached hydrogens (tertiary/aromatic N) is 2. The van der Waals surface area contributed by atoms with Gasteiger partial charge in [-0.1, -0.05) is 41.9 Å². The summed E-state index contributed by atoms with van der Waals surface area (Å²) in [4.78, 5) is 52.9. The van der Waals surface area contributed by atoms with Gasteiger partial charge in [0.1, 0.15) is 29.0 Å². The minimum absolute atomic E-state index is 0.000340. The van der Waals surface area contributed by atoms with Crippen LogP contribution in [0.4, 0.5) is 4.79 Å². The maximum atomic E-state index is 13.0. The Morgan fingerprint density at radius 1 is 1.07 bits per heavy atom. The third-order valence-electron chi connectivity index (χ3n) is 6.52. The molecule has 1 fully saturated rings. The number of amides is 3. The molecular formula is C28H30ClN3O8. The smallest absolute Gasteiger partial charge is 0.410 e. The molecule has 0 radical (unpaired) electrons. The predicted octanol–water partition coefficient (Wildman–Crippen LogP) is 2.48. The van der Waals surface area contributed by atoms with Gasteiger partial charge in [-0.15, -0.1) is 0 Å². The van der Waals surface area contributed by atoms with Crippen molar-refractivity contribution in [1.29, 1.82) is 0 Å². The number of rotatable bonds is 8. The highest BCUT2D eigenvalue weighted by atomic mass is 35.5. The average Bonchev–Trinajstić information content (AvgIpc) is 3.23. The average molecular weight is 572 g/mol. The van der Waals surface area contributed by atoms with Crippen molar-refractivity contribution in [3.8, 4) is 5.75 Å². The van der Waals surface area contributed by atoms with Crippen molar-refractivity contribution in [3.63, 3.8) is 0 Å². The summed E-state index contributed by atoms with van der Waals surface area (Å²) in [6, 6.07) is 12.9. The summed E-state index contributed by atoms with van der Waals surface area (Å²) in [5.41, 5.74) is 1.03. The Balaban J connectivity index is 1.27. The van der Waals surface area contributed by atoms with E-state index in [1.807, 2.05) is 30.3 Å². The van der Waals surface area contributed by atoms with E-state index in [2.05, 4.69) is 5.32 Å². The molecule has 1 aliphatic rings. The maximum Gasteiger partial charge on any atom is 0.410 e. The van der Waals surface area contributed by atoms with E-state index in [0.29, 0.717) is 30.5 Å². The molecule has 1 atom stereocenters. The predicted molar refractivity (Wildman–Crippen MR) is 146 cm³/mol. The van der Waals surface area contributed by atoms with Crippen molar-refractivity contribution in [2.24, 2.45) is 0 Å². The number of aliphatic hydroxyl groups excluding tert-OH is 1. The van der Waals surface area contributed by atoms with Crippen molar-refractivity contribution < 1.29 is 33.4 Å². The zero-order valence-electron chi connectivity index (χ0n) is 21.9. The fraction of sp³-hybridized carbons (Fsp3) is 0.357. The number of aryl methyl sites for hydroxylation is 1. The van der Waals surface area contributed by atoms with Crippen LogP contribution in [0.25, 0.3) is 11.0 Å². The monoisotopic (exact) mass is 571 g/mol. The van der Waals surface area contributed by atoms with E-state index in [0.717, 1.165) is 5.56 Å². The number of benzene rings is 2. The molecule has 12 heteroatoms. The van der Waals surface area contributed by atoms with Gasteiger partial charge in [-0.2, -0.15) is 0 Å². The maximum absolute atomic E-state index is 13.0. The number of ether oxygens (including phenoxy) is 2. The van der Waals surface area contributed by atoms with Gasteiger partial charge in [0.2, 0.25) is 5.91 Å². The highest BCUT2D eigenvalue weighted by molar-refractivity contribution is 6.31. The lowest BCUT2D eigenvalue weighted by Gasteiger charge is -2.26. The van der Waals surface area contributed by atoms with Crippen LogP contribution < -0.4 is 15.7 Å². The number of carbonyl (C=O) groups excluding carboxylic acids is 3. The van der Waals surface area contributed by atoms with E-state index in [1.54, 1.807) is 19.1 Å². The molecule has 212 valence electrons. The second kappa shape index (κ2) is 13.3. The van der Waals surface area contributed by atoms with Gasteiger partial charge in [-0.25, -0.2) is 9.59 Å². The molecule has 1 unspecified atom stereocenters. The first-order chi connectivity index (χ1) is 19.3. The Kier molecular flexibility index (Phi) is 9.62. The van der Waals surface area contributed by atoms with E-state index < -0.39 is 42.8 Å². The molecule has 1 aliphatic heterocycles. The van der Waals surface area contributed by atoms with Crippen LogP contribution in [0.1, 0.15) is 17.5 Å². The molecule has 3 aromatic rings. The topological polar surface area (TPSA) is 139 Å². The minimum Gasteiger partial charge on any atom is -0.484 e. The molecule has 0 aliphatic carbocycles. The summed E-state index contributed by atoms with van der Waals surface area (Å²) in [6.07, 6.45) is 0.0537. The Morgan fingerprint density at radius 3 is 2.55 bits per heavy atom. The van der Waals surface area contributed by atoms with Gasteiger partial charge < -0.3 is 34.1 Å². The zero-order chi connectivity index (χ0) is 28.6. The number of aliphatic hydroxyl groups is 1. The molecule has 4 rings (SSSR count).